The lowest BCUT2D eigenvalue weighted by atomic mass is 10.1. The third kappa shape index (κ3) is 5.17. The molecule has 1 radical (unpaired) electrons. The summed E-state index contributed by atoms with van der Waals surface area (Å²) in [6.45, 7) is 0. The van der Waals surface area contributed by atoms with Crippen LogP contribution in [0.15, 0.2) is 18.2 Å². The molecular weight excluding hydrogens is 144 g/mol. The third-order valence-electron chi connectivity index (χ3n) is 2.27. The van der Waals surface area contributed by atoms with Crippen LogP contribution in [0.1, 0.15) is 51.4 Å². The van der Waals surface area contributed by atoms with Crippen LogP contribution in [0.2, 0.25) is 0 Å². The van der Waals surface area contributed by atoms with Crippen LogP contribution in [0.5, 0.6) is 0 Å². The molecule has 0 saturated carbocycles. The Labute approximate surface area is 76.4 Å². The maximum absolute atomic E-state index is 3.29. The van der Waals surface area contributed by atoms with Crippen molar-refractivity contribution >= 4 is 0 Å². The van der Waals surface area contributed by atoms with Crippen LogP contribution in [0, 0.1) is 6.08 Å². The van der Waals surface area contributed by atoms with Crippen molar-refractivity contribution in [3.8, 4) is 0 Å². The Kier molecular flexibility index (Phi) is 5.70. The van der Waals surface area contributed by atoms with Gasteiger partial charge in [-0.25, -0.2) is 0 Å². The second-order valence-corrected chi connectivity index (χ2v) is 3.43. The van der Waals surface area contributed by atoms with E-state index in [-0.39, 0.29) is 0 Å². The van der Waals surface area contributed by atoms with Gasteiger partial charge < -0.3 is 0 Å². The van der Waals surface area contributed by atoms with Gasteiger partial charge in [-0.1, -0.05) is 37.5 Å². The van der Waals surface area contributed by atoms with Gasteiger partial charge in [0.25, 0.3) is 0 Å². The van der Waals surface area contributed by atoms with Gasteiger partial charge in [0, 0.05) is 0 Å². The Bertz CT molecular complexity index is 126. The van der Waals surface area contributed by atoms with Crippen molar-refractivity contribution in [1.82, 2.24) is 0 Å². The number of hydrogen-bond donors (Lipinski definition) is 0. The minimum atomic E-state index is 1.01. The molecule has 0 heteroatoms. The van der Waals surface area contributed by atoms with Crippen LogP contribution in [-0.4, -0.2) is 0 Å². The molecule has 1 rings (SSSR count). The molecule has 0 fully saturated rings. The van der Waals surface area contributed by atoms with Crippen molar-refractivity contribution in [3.05, 3.63) is 24.3 Å². The average Bonchev–Trinajstić information content (AvgIpc) is 2.05. The summed E-state index contributed by atoms with van der Waals surface area (Å²) in [6.07, 6.45) is 20.5. The number of allylic oxidation sites excluding steroid dienone is 4. The maximum atomic E-state index is 3.29. The van der Waals surface area contributed by atoms with E-state index >= 15 is 0 Å². The fraction of sp³-hybridized carbons (Fsp3) is 0.667. The highest BCUT2D eigenvalue weighted by Gasteiger charge is 1.89. The monoisotopic (exact) mass is 163 g/mol. The fourth-order valence-electron chi connectivity index (χ4n) is 1.49. The van der Waals surface area contributed by atoms with Crippen molar-refractivity contribution in [2.75, 3.05) is 0 Å². The van der Waals surface area contributed by atoms with Crippen LogP contribution in [0.25, 0.3) is 0 Å². The molecule has 0 spiro atoms. The lowest BCUT2D eigenvalue weighted by molar-refractivity contribution is 0.620. The van der Waals surface area contributed by atoms with Gasteiger partial charge in [0.05, 0.1) is 0 Å². The zero-order valence-electron chi connectivity index (χ0n) is 7.89. The van der Waals surface area contributed by atoms with E-state index in [2.05, 4.69) is 24.3 Å². The largest absolute Gasteiger partial charge is 0.0882 e. The highest BCUT2D eigenvalue weighted by molar-refractivity contribution is 4.88. The van der Waals surface area contributed by atoms with Gasteiger partial charge in [0.1, 0.15) is 0 Å². The quantitative estimate of drug-likeness (QED) is 0.473. The van der Waals surface area contributed by atoms with E-state index in [0.29, 0.717) is 0 Å². The summed E-state index contributed by atoms with van der Waals surface area (Å²) < 4.78 is 0. The Morgan fingerprint density at radius 1 is 0.750 bits per heavy atom. The van der Waals surface area contributed by atoms with Crippen LogP contribution < -0.4 is 0 Å². The summed E-state index contributed by atoms with van der Waals surface area (Å²) in [4.78, 5) is 0. The Hall–Kier alpha value is -0.520. The van der Waals surface area contributed by atoms with E-state index < -0.39 is 0 Å². The minimum Gasteiger partial charge on any atom is -0.0882 e. The van der Waals surface area contributed by atoms with Gasteiger partial charge in [-0.05, 0) is 38.2 Å². The predicted octanol–water partition coefficient (Wildman–Crippen LogP) is 4.04. The van der Waals surface area contributed by atoms with Crippen molar-refractivity contribution in [3.63, 3.8) is 0 Å². The molecule has 0 amide bonds. The molecular formula is C12H19. The molecule has 67 valence electrons. The Morgan fingerprint density at radius 2 is 1.50 bits per heavy atom. The summed E-state index contributed by atoms with van der Waals surface area (Å²) in [6, 6.07) is 0. The zero-order valence-corrected chi connectivity index (χ0v) is 7.89. The minimum absolute atomic E-state index is 1.01. The van der Waals surface area contributed by atoms with Gasteiger partial charge >= 0.3 is 0 Å². The standard InChI is InChI=1S/C12H19/c1-2-4-6-8-10-12-11-9-7-5-3-1/h1-2,8H,3-5,7,9-12H2/b2-1+,8-6?. The second-order valence-electron chi connectivity index (χ2n) is 3.43. The van der Waals surface area contributed by atoms with Crippen molar-refractivity contribution in [2.24, 2.45) is 0 Å². The Balaban J connectivity index is 2.20. The van der Waals surface area contributed by atoms with E-state index in [1.807, 2.05) is 0 Å². The van der Waals surface area contributed by atoms with Crippen molar-refractivity contribution in [2.45, 2.75) is 51.4 Å². The first-order valence-corrected chi connectivity index (χ1v) is 5.20. The second kappa shape index (κ2) is 7.15. The first-order chi connectivity index (χ1) is 6.00. The summed E-state index contributed by atoms with van der Waals surface area (Å²) >= 11 is 0. The lowest BCUT2D eigenvalue weighted by Gasteiger charge is -1.99. The average molecular weight is 163 g/mol. The summed E-state index contributed by atoms with van der Waals surface area (Å²) in [7, 11) is 0. The molecule has 0 aromatic rings. The van der Waals surface area contributed by atoms with E-state index in [4.69, 9.17) is 0 Å². The molecule has 12 heavy (non-hydrogen) atoms. The normalized spacial score (nSPS) is 26.7. The smallest absolute Gasteiger partial charge is 0.00979 e. The summed E-state index contributed by atoms with van der Waals surface area (Å²) in [5, 5.41) is 0. The SMILES string of the molecule is [C]1=C/CCCCCCC/C=C/C/1. The van der Waals surface area contributed by atoms with E-state index in [1.54, 1.807) is 0 Å². The molecule has 0 heterocycles. The topological polar surface area (TPSA) is 0 Å². The third-order valence-corrected chi connectivity index (χ3v) is 2.27. The highest BCUT2D eigenvalue weighted by Crippen LogP contribution is 2.09. The van der Waals surface area contributed by atoms with Crippen molar-refractivity contribution < 1.29 is 0 Å². The lowest BCUT2D eigenvalue weighted by Crippen LogP contribution is -1.79. The molecule has 0 N–H and O–H groups in total. The highest BCUT2D eigenvalue weighted by atomic mass is 14.0. The molecule has 1 aliphatic carbocycles. The summed E-state index contributed by atoms with van der Waals surface area (Å²) in [5.41, 5.74) is 0. The van der Waals surface area contributed by atoms with Gasteiger partial charge in [-0.15, -0.1) is 0 Å². The van der Waals surface area contributed by atoms with E-state index in [0.717, 1.165) is 6.42 Å². The molecule has 0 aliphatic heterocycles. The first-order valence-electron chi connectivity index (χ1n) is 5.20. The molecule has 0 unspecified atom stereocenters. The van der Waals surface area contributed by atoms with E-state index in [9.17, 15) is 0 Å². The zero-order chi connectivity index (χ0) is 8.49. The Morgan fingerprint density at radius 3 is 2.42 bits per heavy atom. The van der Waals surface area contributed by atoms with Gasteiger partial charge in [0.2, 0.25) is 0 Å². The van der Waals surface area contributed by atoms with Crippen LogP contribution >= 0.6 is 0 Å². The van der Waals surface area contributed by atoms with Gasteiger partial charge in [0.15, 0.2) is 0 Å². The predicted molar refractivity (Wildman–Crippen MR) is 53.9 cm³/mol. The molecule has 1 aliphatic rings. The van der Waals surface area contributed by atoms with Crippen LogP contribution in [0.4, 0.5) is 0 Å². The van der Waals surface area contributed by atoms with Gasteiger partial charge in [-0.3, -0.25) is 0 Å². The fourth-order valence-corrected chi connectivity index (χ4v) is 1.49. The molecule has 0 aromatic heterocycles. The van der Waals surface area contributed by atoms with E-state index in [1.165, 1.54) is 44.9 Å². The molecule has 0 aromatic carbocycles. The molecule has 0 nitrogen and oxygen atoms in total. The van der Waals surface area contributed by atoms with Crippen LogP contribution in [0.3, 0.4) is 0 Å². The van der Waals surface area contributed by atoms with Gasteiger partial charge in [-0.2, -0.15) is 0 Å². The van der Waals surface area contributed by atoms with Crippen LogP contribution in [-0.2, 0) is 0 Å². The molecule has 0 bridgehead atoms. The first kappa shape index (κ1) is 9.57. The molecule has 0 saturated heterocycles. The number of rotatable bonds is 0. The van der Waals surface area contributed by atoms with Crippen molar-refractivity contribution in [1.29, 1.82) is 0 Å². The number of hydrogen-bond acceptors (Lipinski definition) is 0. The summed E-state index contributed by atoms with van der Waals surface area (Å²) in [5.74, 6) is 0. The maximum Gasteiger partial charge on any atom is -0.00979 e. The molecule has 0 atom stereocenters.